The lowest BCUT2D eigenvalue weighted by atomic mass is 10.1. The van der Waals surface area contributed by atoms with Crippen LogP contribution < -0.4 is 5.73 Å². The molecule has 0 saturated carbocycles. The predicted molar refractivity (Wildman–Crippen MR) is 61.4 cm³/mol. The molecule has 0 bridgehead atoms. The molecule has 4 nitrogen and oxygen atoms in total. The van der Waals surface area contributed by atoms with Gasteiger partial charge < -0.3 is 10.3 Å². The molecule has 0 spiro atoms. The fraction of sp³-hybridized carbons (Fsp3) is 0.727. The number of aryl methyl sites for hydroxylation is 1. The average molecular weight is 208 g/mol. The van der Waals surface area contributed by atoms with Gasteiger partial charge in [-0.05, 0) is 32.9 Å². The summed E-state index contributed by atoms with van der Waals surface area (Å²) in [5.41, 5.74) is 5.71. The molecule has 15 heavy (non-hydrogen) atoms. The van der Waals surface area contributed by atoms with Crippen molar-refractivity contribution in [1.82, 2.24) is 14.5 Å². The first-order valence-electron chi connectivity index (χ1n) is 5.83. The van der Waals surface area contributed by atoms with Crippen molar-refractivity contribution in [3.63, 3.8) is 0 Å². The predicted octanol–water partition coefficient (Wildman–Crippen LogP) is 1.47. The smallest absolute Gasteiger partial charge is 0.141 e. The number of anilines is 1. The zero-order valence-corrected chi connectivity index (χ0v) is 9.45. The number of piperidine rings is 1. The summed E-state index contributed by atoms with van der Waals surface area (Å²) in [4.78, 5) is 6.84. The third kappa shape index (κ3) is 2.50. The number of hydrogen-bond donors (Lipinski definition) is 1. The molecule has 0 aliphatic carbocycles. The average Bonchev–Trinajstić information content (AvgIpc) is 2.60. The Labute approximate surface area is 91.1 Å². The second-order valence-corrected chi connectivity index (χ2v) is 4.20. The van der Waals surface area contributed by atoms with Gasteiger partial charge in [0.2, 0.25) is 0 Å². The normalized spacial score (nSPS) is 18.2. The van der Waals surface area contributed by atoms with Gasteiger partial charge in [0.15, 0.2) is 0 Å². The first kappa shape index (κ1) is 10.5. The minimum absolute atomic E-state index is 0.642. The van der Waals surface area contributed by atoms with Crippen LogP contribution in [-0.4, -0.2) is 27.5 Å². The maximum absolute atomic E-state index is 5.71. The molecule has 1 aromatic heterocycles. The van der Waals surface area contributed by atoms with E-state index in [-0.39, 0.29) is 0 Å². The molecule has 1 fully saturated rings. The number of nitrogens with zero attached hydrogens (tertiary/aromatic N) is 3. The van der Waals surface area contributed by atoms with E-state index in [1.165, 1.54) is 32.4 Å². The van der Waals surface area contributed by atoms with Crippen molar-refractivity contribution in [1.29, 1.82) is 0 Å². The molecule has 84 valence electrons. The molecule has 1 aliphatic heterocycles. The molecule has 2 N–H and O–H groups in total. The van der Waals surface area contributed by atoms with Crippen LogP contribution in [0.3, 0.4) is 0 Å². The highest BCUT2D eigenvalue weighted by atomic mass is 15.2. The number of aromatic nitrogens is 2. The first-order chi connectivity index (χ1) is 7.29. The SMILES string of the molecule is CCn1cc(N)nc1CN1CCCCC1. The van der Waals surface area contributed by atoms with Crippen molar-refractivity contribution in [2.75, 3.05) is 18.8 Å². The minimum atomic E-state index is 0.642. The van der Waals surface area contributed by atoms with Crippen LogP contribution in [0.15, 0.2) is 6.20 Å². The second-order valence-electron chi connectivity index (χ2n) is 4.20. The van der Waals surface area contributed by atoms with Gasteiger partial charge in [-0.15, -0.1) is 0 Å². The van der Waals surface area contributed by atoms with Crippen molar-refractivity contribution in [3.8, 4) is 0 Å². The van der Waals surface area contributed by atoms with Crippen molar-refractivity contribution in [2.24, 2.45) is 0 Å². The lowest BCUT2D eigenvalue weighted by Crippen LogP contribution is -2.30. The highest BCUT2D eigenvalue weighted by Gasteiger charge is 2.13. The lowest BCUT2D eigenvalue weighted by molar-refractivity contribution is 0.213. The number of nitrogen functional groups attached to an aromatic ring is 1. The fourth-order valence-electron chi connectivity index (χ4n) is 2.19. The van der Waals surface area contributed by atoms with Crippen molar-refractivity contribution in [2.45, 2.75) is 39.3 Å². The Morgan fingerprint density at radius 1 is 1.33 bits per heavy atom. The zero-order chi connectivity index (χ0) is 10.7. The summed E-state index contributed by atoms with van der Waals surface area (Å²) < 4.78 is 2.14. The van der Waals surface area contributed by atoms with Crippen molar-refractivity contribution in [3.05, 3.63) is 12.0 Å². The quantitative estimate of drug-likeness (QED) is 0.818. The Balaban J connectivity index is 2.02. The number of nitrogens with two attached hydrogens (primary N) is 1. The summed E-state index contributed by atoms with van der Waals surface area (Å²) >= 11 is 0. The van der Waals surface area contributed by atoms with Crippen LogP contribution in [0.2, 0.25) is 0 Å². The summed E-state index contributed by atoms with van der Waals surface area (Å²) in [6, 6.07) is 0. The topological polar surface area (TPSA) is 47.1 Å². The maximum Gasteiger partial charge on any atom is 0.141 e. The molecule has 0 aromatic carbocycles. The Bertz CT molecular complexity index is 312. The summed E-state index contributed by atoms with van der Waals surface area (Å²) in [5, 5.41) is 0. The van der Waals surface area contributed by atoms with Gasteiger partial charge in [0.25, 0.3) is 0 Å². The number of rotatable bonds is 3. The van der Waals surface area contributed by atoms with Gasteiger partial charge in [0.05, 0.1) is 6.54 Å². The van der Waals surface area contributed by atoms with E-state index in [0.29, 0.717) is 5.82 Å². The molecular formula is C11H20N4. The van der Waals surface area contributed by atoms with E-state index in [0.717, 1.165) is 18.9 Å². The number of imidazole rings is 1. The van der Waals surface area contributed by atoms with Crippen LogP contribution in [0.4, 0.5) is 5.82 Å². The van der Waals surface area contributed by atoms with Crippen molar-refractivity contribution < 1.29 is 0 Å². The summed E-state index contributed by atoms with van der Waals surface area (Å²) in [5.74, 6) is 1.75. The third-order valence-corrected chi connectivity index (χ3v) is 3.03. The largest absolute Gasteiger partial charge is 0.382 e. The molecule has 0 amide bonds. The highest BCUT2D eigenvalue weighted by molar-refractivity contribution is 5.25. The van der Waals surface area contributed by atoms with Gasteiger partial charge >= 0.3 is 0 Å². The molecule has 1 aliphatic rings. The zero-order valence-electron chi connectivity index (χ0n) is 9.45. The van der Waals surface area contributed by atoms with Crippen LogP contribution in [0.1, 0.15) is 32.0 Å². The summed E-state index contributed by atoms with van der Waals surface area (Å²) in [6.07, 6.45) is 5.95. The number of likely N-dealkylation sites (tertiary alicyclic amines) is 1. The Morgan fingerprint density at radius 2 is 2.07 bits per heavy atom. The minimum Gasteiger partial charge on any atom is -0.382 e. The first-order valence-corrected chi connectivity index (χ1v) is 5.83. The second kappa shape index (κ2) is 4.66. The molecule has 1 aromatic rings. The van der Waals surface area contributed by atoms with Gasteiger partial charge in [-0.25, -0.2) is 4.98 Å². The van der Waals surface area contributed by atoms with E-state index in [9.17, 15) is 0 Å². The molecule has 0 unspecified atom stereocenters. The molecule has 2 heterocycles. The van der Waals surface area contributed by atoms with E-state index in [1.807, 2.05) is 6.20 Å². The van der Waals surface area contributed by atoms with E-state index in [1.54, 1.807) is 0 Å². The molecular weight excluding hydrogens is 188 g/mol. The van der Waals surface area contributed by atoms with Gasteiger partial charge in [-0.1, -0.05) is 6.42 Å². The third-order valence-electron chi connectivity index (χ3n) is 3.03. The molecule has 2 rings (SSSR count). The van der Waals surface area contributed by atoms with Gasteiger partial charge in [0.1, 0.15) is 11.6 Å². The Morgan fingerprint density at radius 3 is 2.73 bits per heavy atom. The number of hydrogen-bond acceptors (Lipinski definition) is 3. The van der Waals surface area contributed by atoms with E-state index in [2.05, 4.69) is 21.4 Å². The maximum atomic E-state index is 5.71. The van der Waals surface area contributed by atoms with Crippen molar-refractivity contribution >= 4 is 5.82 Å². The van der Waals surface area contributed by atoms with Crippen LogP contribution in [0.5, 0.6) is 0 Å². The van der Waals surface area contributed by atoms with Gasteiger partial charge in [-0.3, -0.25) is 4.90 Å². The van der Waals surface area contributed by atoms with E-state index in [4.69, 9.17) is 5.73 Å². The molecule has 1 saturated heterocycles. The van der Waals surface area contributed by atoms with E-state index < -0.39 is 0 Å². The van der Waals surface area contributed by atoms with E-state index >= 15 is 0 Å². The van der Waals surface area contributed by atoms with Gasteiger partial charge in [-0.2, -0.15) is 0 Å². The monoisotopic (exact) mass is 208 g/mol. The van der Waals surface area contributed by atoms with Gasteiger partial charge in [0, 0.05) is 12.7 Å². The Kier molecular flexibility index (Phi) is 3.26. The molecule has 4 heteroatoms. The molecule has 0 radical (unpaired) electrons. The van der Waals surface area contributed by atoms with Crippen LogP contribution in [0, 0.1) is 0 Å². The lowest BCUT2D eigenvalue weighted by Gasteiger charge is -2.26. The standard InChI is InChI=1S/C11H20N4/c1-2-15-8-10(12)13-11(15)9-14-6-4-3-5-7-14/h8H,2-7,9,12H2,1H3. The molecule has 0 atom stereocenters. The Hall–Kier alpha value is -1.03. The van der Waals surface area contributed by atoms with Crippen LogP contribution >= 0.6 is 0 Å². The summed E-state index contributed by atoms with van der Waals surface area (Å²) in [6.45, 7) is 6.44. The van der Waals surface area contributed by atoms with Crippen LogP contribution in [-0.2, 0) is 13.1 Å². The fourth-order valence-corrected chi connectivity index (χ4v) is 2.19. The summed E-state index contributed by atoms with van der Waals surface area (Å²) in [7, 11) is 0. The van der Waals surface area contributed by atoms with Crippen LogP contribution in [0.25, 0.3) is 0 Å². The highest BCUT2D eigenvalue weighted by Crippen LogP contribution is 2.13.